The van der Waals surface area contributed by atoms with E-state index in [1.165, 1.54) is 21.8 Å². The molecule has 2 aromatic heterocycles. The first kappa shape index (κ1) is 19.6. The number of rotatable bonds is 8. The van der Waals surface area contributed by atoms with Crippen molar-refractivity contribution in [3.8, 4) is 0 Å². The summed E-state index contributed by atoms with van der Waals surface area (Å²) in [6.07, 6.45) is 5.47. The second-order valence-electron chi connectivity index (χ2n) is 6.98. The molecule has 0 aliphatic carbocycles. The first-order valence-electron chi connectivity index (χ1n) is 9.41. The summed E-state index contributed by atoms with van der Waals surface area (Å²) in [5, 5.41) is 7.15. The van der Waals surface area contributed by atoms with E-state index in [4.69, 9.17) is 5.73 Å². The third kappa shape index (κ3) is 4.75. The summed E-state index contributed by atoms with van der Waals surface area (Å²) in [6.45, 7) is 6.95. The van der Waals surface area contributed by atoms with Gasteiger partial charge in [0, 0.05) is 35.8 Å². The lowest BCUT2D eigenvalue weighted by molar-refractivity contribution is -0.117. The number of hydrogen-bond donors (Lipinski definition) is 2. The molecule has 2 aromatic rings. The molecule has 2 amide bonds. The summed E-state index contributed by atoms with van der Waals surface area (Å²) in [5.74, 6) is -0.785. The molecule has 146 valence electrons. The van der Waals surface area contributed by atoms with Gasteiger partial charge in [-0.05, 0) is 44.9 Å². The molecule has 1 aliphatic heterocycles. The van der Waals surface area contributed by atoms with Gasteiger partial charge >= 0.3 is 0 Å². The Morgan fingerprint density at radius 2 is 2.22 bits per heavy atom. The van der Waals surface area contributed by atoms with E-state index in [1.54, 1.807) is 0 Å². The van der Waals surface area contributed by atoms with E-state index in [-0.39, 0.29) is 12.5 Å². The Balaban J connectivity index is 1.68. The molecule has 0 spiro atoms. The smallest absolute Gasteiger partial charge is 0.261 e. The van der Waals surface area contributed by atoms with Crippen molar-refractivity contribution in [2.45, 2.75) is 52.2 Å². The number of aromatic nitrogens is 2. The molecule has 7 nitrogen and oxygen atoms in total. The summed E-state index contributed by atoms with van der Waals surface area (Å²) in [6, 6.07) is 4.18. The molecule has 1 aliphatic rings. The van der Waals surface area contributed by atoms with Crippen molar-refractivity contribution in [2.75, 3.05) is 13.1 Å². The molecule has 0 saturated carbocycles. The van der Waals surface area contributed by atoms with Crippen LogP contribution in [0.2, 0.25) is 0 Å². The first-order valence-corrected chi connectivity index (χ1v) is 10.2. The molecule has 8 heteroatoms. The molecule has 1 saturated heterocycles. The van der Waals surface area contributed by atoms with E-state index in [2.05, 4.69) is 35.4 Å². The maximum atomic E-state index is 12.1. The van der Waals surface area contributed by atoms with E-state index in [1.807, 2.05) is 16.8 Å². The Bertz CT molecular complexity index is 813. The molecule has 1 fully saturated rings. The number of primary amides is 1. The van der Waals surface area contributed by atoms with Crippen LogP contribution in [0, 0.1) is 6.92 Å². The number of aryl methyl sites for hydroxylation is 2. The highest BCUT2D eigenvalue weighted by molar-refractivity contribution is 7.14. The number of likely N-dealkylation sites (tertiary alicyclic amines) is 1. The summed E-state index contributed by atoms with van der Waals surface area (Å²) in [7, 11) is 0. The third-order valence-electron chi connectivity index (χ3n) is 4.84. The standard InChI is InChI=1S/C19H27N5O2S/c1-3-8-24-12-14(13(2)22-24)11-23-9-4-5-15(23)16-6-7-17(27-16)19(26)21-10-18(20)25/h6-7,12,15H,3-5,8-11H2,1-2H3,(H2,20,25)(H,21,26)/t15-/m0/s1. The predicted molar refractivity (Wildman–Crippen MR) is 105 cm³/mol. The lowest BCUT2D eigenvalue weighted by Gasteiger charge is -2.23. The fourth-order valence-corrected chi connectivity index (χ4v) is 4.62. The minimum absolute atomic E-state index is 0.136. The molecule has 0 bridgehead atoms. The van der Waals surface area contributed by atoms with Crippen molar-refractivity contribution < 1.29 is 9.59 Å². The van der Waals surface area contributed by atoms with Crippen molar-refractivity contribution in [3.05, 3.63) is 39.3 Å². The number of nitrogens with one attached hydrogen (secondary N) is 1. The predicted octanol–water partition coefficient (Wildman–Crippen LogP) is 2.22. The van der Waals surface area contributed by atoms with E-state index >= 15 is 0 Å². The molecule has 0 unspecified atom stereocenters. The summed E-state index contributed by atoms with van der Waals surface area (Å²) < 4.78 is 2.03. The Labute approximate surface area is 163 Å². The highest BCUT2D eigenvalue weighted by Crippen LogP contribution is 2.37. The second kappa shape index (κ2) is 8.67. The van der Waals surface area contributed by atoms with Gasteiger partial charge in [0.2, 0.25) is 5.91 Å². The molecule has 0 aromatic carbocycles. The maximum Gasteiger partial charge on any atom is 0.261 e. The van der Waals surface area contributed by atoms with Gasteiger partial charge in [0.1, 0.15) is 0 Å². The minimum atomic E-state index is -0.541. The average molecular weight is 390 g/mol. The van der Waals surface area contributed by atoms with Gasteiger partial charge in [-0.1, -0.05) is 6.92 Å². The van der Waals surface area contributed by atoms with E-state index in [0.29, 0.717) is 10.9 Å². The largest absolute Gasteiger partial charge is 0.368 e. The van der Waals surface area contributed by atoms with Crippen LogP contribution in [0.3, 0.4) is 0 Å². The zero-order chi connectivity index (χ0) is 19.4. The number of hydrogen-bond acceptors (Lipinski definition) is 5. The number of carbonyl (C=O) groups is 2. The Morgan fingerprint density at radius 3 is 2.96 bits per heavy atom. The molecular weight excluding hydrogens is 362 g/mol. The minimum Gasteiger partial charge on any atom is -0.368 e. The van der Waals surface area contributed by atoms with Gasteiger partial charge in [-0.3, -0.25) is 19.2 Å². The van der Waals surface area contributed by atoms with Gasteiger partial charge in [0.15, 0.2) is 0 Å². The van der Waals surface area contributed by atoms with Gasteiger partial charge in [-0.25, -0.2) is 0 Å². The highest BCUT2D eigenvalue weighted by Gasteiger charge is 2.28. The lowest BCUT2D eigenvalue weighted by atomic mass is 10.1. The van der Waals surface area contributed by atoms with Crippen LogP contribution in [0.1, 0.15) is 58.0 Å². The van der Waals surface area contributed by atoms with Crippen LogP contribution < -0.4 is 11.1 Å². The normalized spacial score (nSPS) is 17.3. The van der Waals surface area contributed by atoms with Crippen LogP contribution >= 0.6 is 11.3 Å². The van der Waals surface area contributed by atoms with Crippen LogP contribution in [0.15, 0.2) is 18.3 Å². The molecular formula is C19H27N5O2S. The maximum absolute atomic E-state index is 12.1. The van der Waals surface area contributed by atoms with E-state index < -0.39 is 5.91 Å². The number of thiophene rings is 1. The van der Waals surface area contributed by atoms with Crippen molar-refractivity contribution in [2.24, 2.45) is 5.73 Å². The van der Waals surface area contributed by atoms with Gasteiger partial charge in [-0.2, -0.15) is 5.10 Å². The molecule has 3 rings (SSSR count). The van der Waals surface area contributed by atoms with E-state index in [0.717, 1.165) is 44.6 Å². The second-order valence-corrected chi connectivity index (χ2v) is 8.10. The number of nitrogens with two attached hydrogens (primary N) is 1. The molecule has 3 N–H and O–H groups in total. The molecule has 0 radical (unpaired) electrons. The summed E-state index contributed by atoms with van der Waals surface area (Å²) in [5.41, 5.74) is 7.44. The zero-order valence-electron chi connectivity index (χ0n) is 15.9. The molecule has 1 atom stereocenters. The SMILES string of the molecule is CCCn1cc(CN2CCC[C@H]2c2ccc(C(=O)NCC(N)=O)s2)c(C)n1. The Hall–Kier alpha value is -2.19. The average Bonchev–Trinajstić information content (AvgIpc) is 3.34. The number of amides is 2. The zero-order valence-corrected chi connectivity index (χ0v) is 16.7. The number of nitrogens with zero attached hydrogens (tertiary/aromatic N) is 3. The highest BCUT2D eigenvalue weighted by atomic mass is 32.1. The Kier molecular flexibility index (Phi) is 6.28. The monoisotopic (exact) mass is 389 g/mol. The summed E-state index contributed by atoms with van der Waals surface area (Å²) >= 11 is 1.50. The van der Waals surface area contributed by atoms with Crippen LogP contribution in [-0.4, -0.2) is 39.6 Å². The molecule has 27 heavy (non-hydrogen) atoms. The Morgan fingerprint density at radius 1 is 1.41 bits per heavy atom. The van der Waals surface area contributed by atoms with Crippen molar-refractivity contribution in [1.82, 2.24) is 20.0 Å². The van der Waals surface area contributed by atoms with Gasteiger partial charge in [0.25, 0.3) is 5.91 Å². The van der Waals surface area contributed by atoms with Crippen LogP contribution in [0.25, 0.3) is 0 Å². The van der Waals surface area contributed by atoms with Crippen molar-refractivity contribution >= 4 is 23.2 Å². The number of carbonyl (C=O) groups excluding carboxylic acids is 2. The lowest BCUT2D eigenvalue weighted by Crippen LogP contribution is -2.32. The first-order chi connectivity index (χ1) is 13.0. The molecule has 3 heterocycles. The van der Waals surface area contributed by atoms with Crippen molar-refractivity contribution in [3.63, 3.8) is 0 Å². The fraction of sp³-hybridized carbons (Fsp3) is 0.526. The fourth-order valence-electron chi connectivity index (χ4n) is 3.52. The quantitative estimate of drug-likeness (QED) is 0.724. The topological polar surface area (TPSA) is 93.3 Å². The van der Waals surface area contributed by atoms with Gasteiger partial charge in [-0.15, -0.1) is 11.3 Å². The van der Waals surface area contributed by atoms with E-state index in [9.17, 15) is 9.59 Å². The third-order valence-corrected chi connectivity index (χ3v) is 6.03. The van der Waals surface area contributed by atoms with Crippen LogP contribution in [-0.2, 0) is 17.9 Å². The van der Waals surface area contributed by atoms with Gasteiger partial charge < -0.3 is 11.1 Å². The van der Waals surface area contributed by atoms with Crippen LogP contribution in [0.4, 0.5) is 0 Å². The van der Waals surface area contributed by atoms with Crippen molar-refractivity contribution in [1.29, 1.82) is 0 Å². The summed E-state index contributed by atoms with van der Waals surface area (Å²) in [4.78, 5) is 27.2. The van der Waals surface area contributed by atoms with Gasteiger partial charge in [0.05, 0.1) is 17.1 Å². The van der Waals surface area contributed by atoms with Crippen LogP contribution in [0.5, 0.6) is 0 Å².